The maximum Gasteiger partial charge on any atom is 0.237 e. The Morgan fingerprint density at radius 2 is 1.50 bits per heavy atom. The molecule has 0 saturated heterocycles. The van der Waals surface area contributed by atoms with E-state index >= 15 is 0 Å². The first-order valence-electron chi connectivity index (χ1n) is 5.94. The molecule has 0 aliphatic rings. The first kappa shape index (κ1) is 15.2. The predicted molar refractivity (Wildman–Crippen MR) is 69.3 cm³/mol. The molecule has 3 heteroatoms. The number of nitrogens with one attached hydrogen (secondary N) is 2. The van der Waals surface area contributed by atoms with E-state index in [0.717, 1.165) is 5.57 Å². The van der Waals surface area contributed by atoms with E-state index in [4.69, 9.17) is 0 Å². The van der Waals surface area contributed by atoms with Crippen molar-refractivity contribution in [3.63, 3.8) is 0 Å². The van der Waals surface area contributed by atoms with Crippen molar-refractivity contribution >= 4 is 5.91 Å². The van der Waals surface area contributed by atoms with Crippen molar-refractivity contribution in [2.75, 3.05) is 7.05 Å². The van der Waals surface area contributed by atoms with Crippen LogP contribution in [0.2, 0.25) is 0 Å². The zero-order valence-corrected chi connectivity index (χ0v) is 11.4. The van der Waals surface area contributed by atoms with Gasteiger partial charge in [0, 0.05) is 0 Å². The number of likely N-dealkylation sites (N-methyl/N-ethyl adjacent to an activating group) is 1. The molecule has 0 saturated carbocycles. The molecular weight excluding hydrogens is 200 g/mol. The third-order valence-corrected chi connectivity index (χ3v) is 2.76. The molecule has 0 spiro atoms. The van der Waals surface area contributed by atoms with Crippen LogP contribution >= 0.6 is 0 Å². The van der Waals surface area contributed by atoms with Crippen molar-refractivity contribution < 1.29 is 4.79 Å². The summed E-state index contributed by atoms with van der Waals surface area (Å²) in [6, 6.07) is -0.0808. The van der Waals surface area contributed by atoms with Crippen LogP contribution in [0.3, 0.4) is 0 Å². The highest BCUT2D eigenvalue weighted by Crippen LogP contribution is 2.11. The number of rotatable bonds is 6. The molecule has 0 aliphatic heterocycles. The minimum Gasteiger partial charge on any atom is -0.348 e. The molecule has 0 heterocycles. The van der Waals surface area contributed by atoms with Gasteiger partial charge < -0.3 is 10.6 Å². The highest BCUT2D eigenvalue weighted by molar-refractivity contribution is 5.82. The van der Waals surface area contributed by atoms with E-state index < -0.39 is 0 Å². The molecule has 0 aromatic carbocycles. The van der Waals surface area contributed by atoms with Gasteiger partial charge in [0.25, 0.3) is 0 Å². The normalized spacial score (nSPS) is 15.0. The van der Waals surface area contributed by atoms with Crippen LogP contribution in [0.1, 0.15) is 34.6 Å². The summed E-state index contributed by atoms with van der Waals surface area (Å²) in [7, 11) is 1.81. The second-order valence-electron chi connectivity index (χ2n) is 5.09. The maximum atomic E-state index is 12.0. The summed E-state index contributed by atoms with van der Waals surface area (Å²) in [4.78, 5) is 12.0. The lowest BCUT2D eigenvalue weighted by atomic mass is 9.96. The molecule has 0 rings (SSSR count). The van der Waals surface area contributed by atoms with E-state index in [-0.39, 0.29) is 23.9 Å². The highest BCUT2D eigenvalue weighted by Gasteiger charge is 2.24. The SMILES string of the molecule is C=C(C)C(NC(=O)C(NC)C(C)C)C(C)C. The van der Waals surface area contributed by atoms with E-state index in [1.165, 1.54) is 0 Å². The summed E-state index contributed by atoms with van der Waals surface area (Å²) in [6.45, 7) is 14.1. The number of carbonyl (C=O) groups is 1. The van der Waals surface area contributed by atoms with Gasteiger partial charge in [-0.25, -0.2) is 0 Å². The van der Waals surface area contributed by atoms with Gasteiger partial charge in [-0.05, 0) is 25.8 Å². The maximum absolute atomic E-state index is 12.0. The van der Waals surface area contributed by atoms with Gasteiger partial charge in [-0.2, -0.15) is 0 Å². The molecule has 16 heavy (non-hydrogen) atoms. The van der Waals surface area contributed by atoms with Crippen molar-refractivity contribution in [2.24, 2.45) is 11.8 Å². The molecule has 94 valence electrons. The minimum atomic E-state index is -0.138. The van der Waals surface area contributed by atoms with Crippen LogP contribution in [0.5, 0.6) is 0 Å². The fourth-order valence-electron chi connectivity index (χ4n) is 1.87. The Morgan fingerprint density at radius 3 is 1.75 bits per heavy atom. The average Bonchev–Trinajstić information content (AvgIpc) is 2.13. The molecule has 0 aliphatic carbocycles. The smallest absolute Gasteiger partial charge is 0.237 e. The third kappa shape index (κ3) is 4.35. The van der Waals surface area contributed by atoms with Gasteiger partial charge in [0.2, 0.25) is 5.91 Å². The molecule has 1 amide bonds. The van der Waals surface area contributed by atoms with Gasteiger partial charge in [-0.1, -0.05) is 39.8 Å². The van der Waals surface area contributed by atoms with Crippen molar-refractivity contribution in [3.05, 3.63) is 12.2 Å². The molecule has 0 aromatic heterocycles. The number of carbonyl (C=O) groups excluding carboxylic acids is 1. The Hall–Kier alpha value is -0.830. The molecule has 2 unspecified atom stereocenters. The number of amides is 1. The summed E-state index contributed by atoms with van der Waals surface area (Å²) in [5.41, 5.74) is 1.00. The van der Waals surface area contributed by atoms with Gasteiger partial charge in [0.05, 0.1) is 12.1 Å². The first-order valence-corrected chi connectivity index (χ1v) is 5.94. The standard InChI is InChI=1S/C13H26N2O/c1-8(2)11(9(3)4)15-13(16)12(14-7)10(5)6/h9-12,14H,1H2,2-7H3,(H,15,16). The summed E-state index contributed by atoms with van der Waals surface area (Å²) in [6.07, 6.45) is 0. The van der Waals surface area contributed by atoms with Crippen LogP contribution in [0.4, 0.5) is 0 Å². The second-order valence-corrected chi connectivity index (χ2v) is 5.09. The minimum absolute atomic E-state index is 0.0548. The fourth-order valence-corrected chi connectivity index (χ4v) is 1.87. The second kappa shape index (κ2) is 6.69. The molecule has 0 aromatic rings. The first-order chi connectivity index (χ1) is 7.31. The summed E-state index contributed by atoms with van der Waals surface area (Å²) < 4.78 is 0. The monoisotopic (exact) mass is 226 g/mol. The van der Waals surface area contributed by atoms with Gasteiger partial charge >= 0.3 is 0 Å². The van der Waals surface area contributed by atoms with Gasteiger partial charge in [-0.3, -0.25) is 4.79 Å². The van der Waals surface area contributed by atoms with Crippen LogP contribution in [0.25, 0.3) is 0 Å². The third-order valence-electron chi connectivity index (χ3n) is 2.76. The van der Waals surface area contributed by atoms with E-state index in [2.05, 4.69) is 31.1 Å². The van der Waals surface area contributed by atoms with Crippen LogP contribution in [0.15, 0.2) is 12.2 Å². The van der Waals surface area contributed by atoms with Gasteiger partial charge in [0.15, 0.2) is 0 Å². The van der Waals surface area contributed by atoms with Crippen LogP contribution < -0.4 is 10.6 Å². The van der Waals surface area contributed by atoms with Crippen molar-refractivity contribution in [1.82, 2.24) is 10.6 Å². The van der Waals surface area contributed by atoms with Crippen LogP contribution in [-0.2, 0) is 4.79 Å². The van der Waals surface area contributed by atoms with E-state index in [9.17, 15) is 4.79 Å². The predicted octanol–water partition coefficient (Wildman–Crippen LogP) is 1.95. The van der Waals surface area contributed by atoms with Gasteiger partial charge in [-0.15, -0.1) is 0 Å². The summed E-state index contributed by atoms with van der Waals surface area (Å²) >= 11 is 0. The Bertz CT molecular complexity index is 246. The lowest BCUT2D eigenvalue weighted by Crippen LogP contribution is -2.50. The van der Waals surface area contributed by atoms with E-state index in [1.54, 1.807) is 0 Å². The van der Waals surface area contributed by atoms with Crippen LogP contribution in [0, 0.1) is 11.8 Å². The highest BCUT2D eigenvalue weighted by atomic mass is 16.2. The Morgan fingerprint density at radius 1 is 1.06 bits per heavy atom. The van der Waals surface area contributed by atoms with Crippen molar-refractivity contribution in [1.29, 1.82) is 0 Å². The van der Waals surface area contributed by atoms with E-state index in [0.29, 0.717) is 5.92 Å². The topological polar surface area (TPSA) is 41.1 Å². The number of hydrogen-bond acceptors (Lipinski definition) is 2. The zero-order valence-electron chi connectivity index (χ0n) is 11.4. The largest absolute Gasteiger partial charge is 0.348 e. The molecule has 0 fully saturated rings. The molecule has 3 nitrogen and oxygen atoms in total. The quantitative estimate of drug-likeness (QED) is 0.680. The van der Waals surface area contributed by atoms with Crippen LogP contribution in [-0.4, -0.2) is 25.0 Å². The lowest BCUT2D eigenvalue weighted by Gasteiger charge is -2.27. The van der Waals surface area contributed by atoms with Gasteiger partial charge in [0.1, 0.15) is 0 Å². The average molecular weight is 226 g/mol. The molecule has 2 atom stereocenters. The number of hydrogen-bond donors (Lipinski definition) is 2. The zero-order chi connectivity index (χ0) is 12.9. The van der Waals surface area contributed by atoms with Crippen molar-refractivity contribution in [2.45, 2.75) is 46.7 Å². The molecule has 0 bridgehead atoms. The molecular formula is C13H26N2O. The molecule has 0 radical (unpaired) electrons. The van der Waals surface area contributed by atoms with E-state index in [1.807, 2.05) is 27.8 Å². The summed E-state index contributed by atoms with van der Waals surface area (Å²) in [5.74, 6) is 0.702. The van der Waals surface area contributed by atoms with Crippen molar-refractivity contribution in [3.8, 4) is 0 Å². The Labute approximate surface area is 99.7 Å². The Kier molecular flexibility index (Phi) is 6.34. The fraction of sp³-hybridized carbons (Fsp3) is 0.769. The summed E-state index contributed by atoms with van der Waals surface area (Å²) in [5, 5.41) is 6.09. The lowest BCUT2D eigenvalue weighted by molar-refractivity contribution is -0.124. The molecule has 2 N–H and O–H groups in total. The Balaban J connectivity index is 4.56.